The maximum absolute atomic E-state index is 6.33. The molecule has 0 aromatic heterocycles. The molecule has 106 valence electrons. The minimum Gasteiger partial charge on any atom is -0.497 e. The predicted molar refractivity (Wildman–Crippen MR) is 85.9 cm³/mol. The molecule has 0 radical (unpaired) electrons. The van der Waals surface area contributed by atoms with Gasteiger partial charge >= 0.3 is 0 Å². The Morgan fingerprint density at radius 3 is 2.45 bits per heavy atom. The summed E-state index contributed by atoms with van der Waals surface area (Å²) in [5.41, 5.74) is 6.97. The van der Waals surface area contributed by atoms with E-state index in [9.17, 15) is 0 Å². The summed E-state index contributed by atoms with van der Waals surface area (Å²) in [7, 11) is 1.66. The molecule has 1 unspecified atom stereocenters. The second-order valence-electron chi connectivity index (χ2n) is 4.72. The molecule has 2 aromatic carbocycles. The standard InChI is InChI=1S/C16H18ClNOS/c1-11(18)9-12-3-8-16(15(17)10-12)20-14-6-4-13(19-2)5-7-14/h3-8,10-11H,9,18H2,1-2H3. The lowest BCUT2D eigenvalue weighted by Gasteiger charge is -2.09. The molecule has 0 saturated heterocycles. The van der Waals surface area contributed by atoms with Gasteiger partial charge in [-0.15, -0.1) is 0 Å². The molecule has 0 spiro atoms. The van der Waals surface area contributed by atoms with Crippen LogP contribution in [0.3, 0.4) is 0 Å². The van der Waals surface area contributed by atoms with Crippen LogP contribution in [0.15, 0.2) is 52.3 Å². The molecule has 1 atom stereocenters. The molecule has 0 heterocycles. The molecule has 2 rings (SSSR count). The zero-order valence-electron chi connectivity index (χ0n) is 11.6. The van der Waals surface area contributed by atoms with Crippen LogP contribution in [0.5, 0.6) is 5.75 Å². The highest BCUT2D eigenvalue weighted by atomic mass is 35.5. The summed E-state index contributed by atoms with van der Waals surface area (Å²) < 4.78 is 5.15. The third-order valence-electron chi connectivity index (χ3n) is 2.84. The maximum atomic E-state index is 6.33. The van der Waals surface area contributed by atoms with E-state index < -0.39 is 0 Å². The Labute approximate surface area is 129 Å². The highest BCUT2D eigenvalue weighted by Crippen LogP contribution is 2.34. The Morgan fingerprint density at radius 1 is 1.20 bits per heavy atom. The molecule has 2 nitrogen and oxygen atoms in total. The molecule has 0 amide bonds. The average molecular weight is 308 g/mol. The van der Waals surface area contributed by atoms with Crippen LogP contribution in [0.4, 0.5) is 0 Å². The van der Waals surface area contributed by atoms with Gasteiger partial charge in [-0.1, -0.05) is 29.4 Å². The van der Waals surface area contributed by atoms with E-state index >= 15 is 0 Å². The van der Waals surface area contributed by atoms with Gasteiger partial charge in [0.2, 0.25) is 0 Å². The fraction of sp³-hybridized carbons (Fsp3) is 0.250. The third-order valence-corrected chi connectivity index (χ3v) is 4.35. The third kappa shape index (κ3) is 4.17. The second-order valence-corrected chi connectivity index (χ2v) is 6.25. The number of nitrogens with two attached hydrogens (primary N) is 1. The van der Waals surface area contributed by atoms with E-state index in [4.69, 9.17) is 22.1 Å². The van der Waals surface area contributed by atoms with Gasteiger partial charge < -0.3 is 10.5 Å². The summed E-state index contributed by atoms with van der Waals surface area (Å²) in [6.45, 7) is 1.99. The largest absolute Gasteiger partial charge is 0.497 e. The summed E-state index contributed by atoms with van der Waals surface area (Å²) in [5.74, 6) is 0.854. The Morgan fingerprint density at radius 2 is 1.90 bits per heavy atom. The minimum absolute atomic E-state index is 0.145. The predicted octanol–water partition coefficient (Wildman–Crippen LogP) is 4.39. The first-order valence-electron chi connectivity index (χ1n) is 6.44. The molecule has 0 saturated carbocycles. The van der Waals surface area contributed by atoms with Crippen molar-refractivity contribution in [3.8, 4) is 5.75 Å². The van der Waals surface area contributed by atoms with E-state index in [1.807, 2.05) is 37.3 Å². The monoisotopic (exact) mass is 307 g/mol. The lowest BCUT2D eigenvalue weighted by molar-refractivity contribution is 0.414. The number of hydrogen-bond acceptors (Lipinski definition) is 3. The first-order chi connectivity index (χ1) is 9.58. The molecule has 2 aromatic rings. The topological polar surface area (TPSA) is 35.2 Å². The molecule has 4 heteroatoms. The summed E-state index contributed by atoms with van der Waals surface area (Å²) in [6, 6.07) is 14.2. The Kier molecular flexibility index (Phi) is 5.35. The van der Waals surface area contributed by atoms with E-state index in [1.54, 1.807) is 18.9 Å². The van der Waals surface area contributed by atoms with Crippen molar-refractivity contribution in [1.29, 1.82) is 0 Å². The summed E-state index contributed by atoms with van der Waals surface area (Å²) in [4.78, 5) is 2.18. The van der Waals surface area contributed by atoms with E-state index in [0.717, 1.165) is 27.0 Å². The molecule has 2 N–H and O–H groups in total. The lowest BCUT2D eigenvalue weighted by Crippen LogP contribution is -2.17. The van der Waals surface area contributed by atoms with Gasteiger partial charge in [0.1, 0.15) is 5.75 Å². The first-order valence-corrected chi connectivity index (χ1v) is 7.64. The van der Waals surface area contributed by atoms with Crippen molar-refractivity contribution in [3.63, 3.8) is 0 Å². The summed E-state index contributed by atoms with van der Waals surface area (Å²) >= 11 is 7.98. The van der Waals surface area contributed by atoms with E-state index in [-0.39, 0.29) is 6.04 Å². The molecule has 0 aliphatic carbocycles. The average Bonchev–Trinajstić information content (AvgIpc) is 2.42. The molecular weight excluding hydrogens is 290 g/mol. The van der Waals surface area contributed by atoms with Crippen LogP contribution in [-0.2, 0) is 6.42 Å². The Bertz CT molecular complexity index is 569. The highest BCUT2D eigenvalue weighted by molar-refractivity contribution is 7.99. The van der Waals surface area contributed by atoms with Gasteiger partial charge in [0.25, 0.3) is 0 Å². The lowest BCUT2D eigenvalue weighted by atomic mass is 10.1. The number of halogens is 1. The zero-order valence-corrected chi connectivity index (χ0v) is 13.2. The number of benzene rings is 2. The van der Waals surface area contributed by atoms with Gasteiger partial charge in [-0.05, 0) is 55.3 Å². The molecular formula is C16H18ClNOS. The first kappa shape index (κ1) is 15.2. The second kappa shape index (κ2) is 7.02. The molecule has 0 aliphatic rings. The molecule has 20 heavy (non-hydrogen) atoms. The van der Waals surface area contributed by atoms with Gasteiger partial charge in [0, 0.05) is 15.8 Å². The van der Waals surface area contributed by atoms with Gasteiger partial charge in [0.05, 0.1) is 12.1 Å². The van der Waals surface area contributed by atoms with Crippen molar-refractivity contribution in [2.75, 3.05) is 7.11 Å². The van der Waals surface area contributed by atoms with E-state index in [2.05, 4.69) is 12.1 Å². The quantitative estimate of drug-likeness (QED) is 0.890. The van der Waals surface area contributed by atoms with Crippen LogP contribution in [0.25, 0.3) is 0 Å². The van der Waals surface area contributed by atoms with Crippen molar-refractivity contribution in [1.82, 2.24) is 0 Å². The Balaban J connectivity index is 2.12. The van der Waals surface area contributed by atoms with Gasteiger partial charge in [0.15, 0.2) is 0 Å². The van der Waals surface area contributed by atoms with Gasteiger partial charge in [-0.25, -0.2) is 0 Å². The van der Waals surface area contributed by atoms with Crippen LogP contribution in [0.1, 0.15) is 12.5 Å². The fourth-order valence-corrected chi connectivity index (χ4v) is 3.03. The fourth-order valence-electron chi connectivity index (χ4n) is 1.90. The zero-order chi connectivity index (χ0) is 14.5. The minimum atomic E-state index is 0.145. The summed E-state index contributed by atoms with van der Waals surface area (Å²) in [5, 5.41) is 0.768. The number of methoxy groups -OCH3 is 1. The van der Waals surface area contributed by atoms with Crippen LogP contribution in [0.2, 0.25) is 5.02 Å². The smallest absolute Gasteiger partial charge is 0.118 e. The number of ether oxygens (including phenoxy) is 1. The van der Waals surface area contributed by atoms with Crippen LogP contribution >= 0.6 is 23.4 Å². The number of hydrogen-bond donors (Lipinski definition) is 1. The normalized spacial score (nSPS) is 12.2. The molecule has 0 fully saturated rings. The molecule has 0 bridgehead atoms. The molecule has 0 aliphatic heterocycles. The van der Waals surface area contributed by atoms with Crippen molar-refractivity contribution in [3.05, 3.63) is 53.1 Å². The highest BCUT2D eigenvalue weighted by Gasteiger charge is 2.06. The Hall–Kier alpha value is -1.16. The van der Waals surface area contributed by atoms with Gasteiger partial charge in [-0.2, -0.15) is 0 Å². The van der Waals surface area contributed by atoms with Crippen molar-refractivity contribution < 1.29 is 4.74 Å². The van der Waals surface area contributed by atoms with Gasteiger partial charge in [-0.3, -0.25) is 0 Å². The number of rotatable bonds is 5. The van der Waals surface area contributed by atoms with Crippen LogP contribution in [0, 0.1) is 0 Å². The maximum Gasteiger partial charge on any atom is 0.118 e. The summed E-state index contributed by atoms with van der Waals surface area (Å²) in [6.07, 6.45) is 0.840. The van der Waals surface area contributed by atoms with Crippen molar-refractivity contribution in [2.45, 2.75) is 29.2 Å². The van der Waals surface area contributed by atoms with Crippen molar-refractivity contribution >= 4 is 23.4 Å². The van der Waals surface area contributed by atoms with Crippen LogP contribution < -0.4 is 10.5 Å². The van der Waals surface area contributed by atoms with E-state index in [1.165, 1.54) is 5.56 Å². The van der Waals surface area contributed by atoms with E-state index in [0.29, 0.717) is 0 Å². The SMILES string of the molecule is COc1ccc(Sc2ccc(CC(C)N)cc2Cl)cc1. The van der Waals surface area contributed by atoms with Crippen LogP contribution in [-0.4, -0.2) is 13.2 Å². The van der Waals surface area contributed by atoms with Crippen molar-refractivity contribution in [2.24, 2.45) is 5.73 Å².